The molecule has 0 aliphatic heterocycles. The summed E-state index contributed by atoms with van der Waals surface area (Å²) in [5.41, 5.74) is 7.56. The largest absolute Gasteiger partial charge is 0.377 e. The van der Waals surface area contributed by atoms with Crippen molar-refractivity contribution in [2.24, 2.45) is 5.73 Å². The van der Waals surface area contributed by atoms with E-state index in [1.165, 1.54) is 37.7 Å². The molecule has 0 saturated heterocycles. The lowest BCUT2D eigenvalue weighted by Crippen LogP contribution is -2.36. The maximum Gasteiger partial charge on any atom is 0.0736 e. The number of nitrogens with two attached hydrogens (primary N) is 1. The molecular formula is C12H23NO. The minimum absolute atomic E-state index is 0.105. The predicted molar refractivity (Wildman–Crippen MR) is 60.2 cm³/mol. The van der Waals surface area contributed by atoms with Crippen molar-refractivity contribution < 1.29 is 4.74 Å². The molecule has 0 radical (unpaired) electrons. The van der Waals surface area contributed by atoms with Gasteiger partial charge in [0.05, 0.1) is 12.1 Å². The zero-order chi connectivity index (χ0) is 10.4. The van der Waals surface area contributed by atoms with Gasteiger partial charge in [0.1, 0.15) is 0 Å². The van der Waals surface area contributed by atoms with Crippen LogP contribution in [0.2, 0.25) is 0 Å². The summed E-state index contributed by atoms with van der Waals surface area (Å²) in [6, 6.07) is 0.105. The van der Waals surface area contributed by atoms with Crippen LogP contribution in [0, 0.1) is 0 Å². The van der Waals surface area contributed by atoms with Crippen LogP contribution in [0.5, 0.6) is 0 Å². The first-order valence-corrected chi connectivity index (χ1v) is 5.81. The summed E-state index contributed by atoms with van der Waals surface area (Å²) in [7, 11) is 0. The maximum absolute atomic E-state index is 6.15. The van der Waals surface area contributed by atoms with Crippen molar-refractivity contribution in [3.8, 4) is 0 Å². The van der Waals surface area contributed by atoms with Crippen LogP contribution in [0.4, 0.5) is 0 Å². The van der Waals surface area contributed by atoms with Crippen LogP contribution < -0.4 is 5.73 Å². The van der Waals surface area contributed by atoms with E-state index in [1.807, 2.05) is 6.92 Å². The monoisotopic (exact) mass is 197 g/mol. The third kappa shape index (κ3) is 3.43. The number of ether oxygens (including phenoxy) is 1. The second kappa shape index (κ2) is 6.20. The van der Waals surface area contributed by atoms with Crippen molar-refractivity contribution in [2.45, 2.75) is 58.1 Å². The highest BCUT2D eigenvalue weighted by atomic mass is 16.5. The molecule has 2 nitrogen and oxygen atoms in total. The van der Waals surface area contributed by atoms with E-state index >= 15 is 0 Å². The molecule has 1 aliphatic rings. The molecule has 1 aliphatic carbocycles. The minimum Gasteiger partial charge on any atom is -0.377 e. The van der Waals surface area contributed by atoms with E-state index in [2.05, 4.69) is 13.0 Å². The Hall–Kier alpha value is -0.340. The van der Waals surface area contributed by atoms with E-state index in [1.54, 1.807) is 0 Å². The van der Waals surface area contributed by atoms with Gasteiger partial charge in [-0.3, -0.25) is 0 Å². The van der Waals surface area contributed by atoms with Gasteiger partial charge in [0.15, 0.2) is 0 Å². The molecule has 0 saturated carbocycles. The van der Waals surface area contributed by atoms with Gasteiger partial charge in [0.25, 0.3) is 0 Å². The van der Waals surface area contributed by atoms with Gasteiger partial charge < -0.3 is 10.5 Å². The number of allylic oxidation sites excluding steroid dienone is 1. The lowest BCUT2D eigenvalue weighted by molar-refractivity contribution is 0.0647. The highest BCUT2D eigenvalue weighted by molar-refractivity contribution is 5.13. The molecule has 0 aromatic carbocycles. The lowest BCUT2D eigenvalue weighted by Gasteiger charge is -2.22. The molecule has 2 unspecified atom stereocenters. The first-order chi connectivity index (χ1) is 6.75. The lowest BCUT2D eigenvalue weighted by atomic mass is 9.99. The van der Waals surface area contributed by atoms with Gasteiger partial charge in [-0.05, 0) is 39.5 Å². The van der Waals surface area contributed by atoms with Crippen molar-refractivity contribution in [2.75, 3.05) is 6.61 Å². The fraction of sp³-hybridized carbons (Fsp3) is 0.833. The van der Waals surface area contributed by atoms with Crippen LogP contribution in [-0.4, -0.2) is 18.8 Å². The Morgan fingerprint density at radius 3 is 2.93 bits per heavy atom. The molecule has 0 spiro atoms. The second-order valence-electron chi connectivity index (χ2n) is 4.06. The molecule has 2 N–H and O–H groups in total. The smallest absolute Gasteiger partial charge is 0.0736 e. The average Bonchev–Trinajstić information content (AvgIpc) is 2.45. The Morgan fingerprint density at radius 1 is 1.43 bits per heavy atom. The molecule has 2 heteroatoms. The van der Waals surface area contributed by atoms with E-state index < -0.39 is 0 Å². The molecule has 82 valence electrons. The van der Waals surface area contributed by atoms with Crippen molar-refractivity contribution in [3.63, 3.8) is 0 Å². The molecule has 0 heterocycles. The average molecular weight is 197 g/mol. The van der Waals surface area contributed by atoms with Gasteiger partial charge in [0, 0.05) is 6.61 Å². The highest BCUT2D eigenvalue weighted by Crippen LogP contribution is 2.21. The Morgan fingerprint density at radius 2 is 2.21 bits per heavy atom. The number of hydrogen-bond donors (Lipinski definition) is 1. The summed E-state index contributed by atoms with van der Waals surface area (Å²) in [6.45, 7) is 4.84. The quantitative estimate of drug-likeness (QED) is 0.703. The number of hydrogen-bond acceptors (Lipinski definition) is 2. The molecule has 0 aromatic heterocycles. The van der Waals surface area contributed by atoms with E-state index in [9.17, 15) is 0 Å². The summed E-state index contributed by atoms with van der Waals surface area (Å²) in [5, 5.41) is 0. The van der Waals surface area contributed by atoms with E-state index in [-0.39, 0.29) is 12.1 Å². The van der Waals surface area contributed by atoms with Crippen molar-refractivity contribution in [1.29, 1.82) is 0 Å². The SMILES string of the molecule is CCOC(C)C(N)C1=CCCCCC1. The summed E-state index contributed by atoms with van der Waals surface area (Å²) in [4.78, 5) is 0. The molecule has 14 heavy (non-hydrogen) atoms. The van der Waals surface area contributed by atoms with Gasteiger partial charge >= 0.3 is 0 Å². The van der Waals surface area contributed by atoms with E-state index in [4.69, 9.17) is 10.5 Å². The summed E-state index contributed by atoms with van der Waals surface area (Å²) < 4.78 is 5.53. The van der Waals surface area contributed by atoms with Crippen molar-refractivity contribution in [1.82, 2.24) is 0 Å². The third-order valence-electron chi connectivity index (χ3n) is 2.94. The van der Waals surface area contributed by atoms with E-state index in [0.717, 1.165) is 6.61 Å². The Kier molecular flexibility index (Phi) is 5.20. The fourth-order valence-electron chi connectivity index (χ4n) is 2.01. The topological polar surface area (TPSA) is 35.2 Å². The summed E-state index contributed by atoms with van der Waals surface area (Å²) in [6.07, 6.45) is 8.80. The van der Waals surface area contributed by atoms with Gasteiger partial charge in [-0.1, -0.05) is 18.1 Å². The molecule has 0 fully saturated rings. The highest BCUT2D eigenvalue weighted by Gasteiger charge is 2.17. The normalized spacial score (nSPS) is 22.4. The van der Waals surface area contributed by atoms with Crippen LogP contribution in [0.3, 0.4) is 0 Å². The van der Waals surface area contributed by atoms with Crippen LogP contribution in [0.25, 0.3) is 0 Å². The molecule has 0 aromatic rings. The summed E-state index contributed by atoms with van der Waals surface area (Å²) in [5.74, 6) is 0. The molecule has 1 rings (SSSR count). The first kappa shape index (κ1) is 11.7. The third-order valence-corrected chi connectivity index (χ3v) is 2.94. The van der Waals surface area contributed by atoms with Crippen LogP contribution in [0.15, 0.2) is 11.6 Å². The zero-order valence-electron chi connectivity index (χ0n) is 9.46. The van der Waals surface area contributed by atoms with Crippen LogP contribution in [0.1, 0.15) is 46.0 Å². The molecule has 0 bridgehead atoms. The van der Waals surface area contributed by atoms with Crippen LogP contribution in [-0.2, 0) is 4.74 Å². The first-order valence-electron chi connectivity index (χ1n) is 5.81. The summed E-state index contributed by atoms with van der Waals surface area (Å²) >= 11 is 0. The molecule has 2 atom stereocenters. The predicted octanol–water partition coefficient (Wildman–Crippen LogP) is 2.63. The number of rotatable bonds is 4. The van der Waals surface area contributed by atoms with Crippen molar-refractivity contribution in [3.05, 3.63) is 11.6 Å². The Balaban J connectivity index is 2.48. The Bertz CT molecular complexity index is 189. The maximum atomic E-state index is 6.15. The molecular weight excluding hydrogens is 174 g/mol. The minimum atomic E-state index is 0.105. The van der Waals surface area contributed by atoms with Gasteiger partial charge in [-0.25, -0.2) is 0 Å². The van der Waals surface area contributed by atoms with E-state index in [0.29, 0.717) is 0 Å². The zero-order valence-corrected chi connectivity index (χ0v) is 9.46. The second-order valence-corrected chi connectivity index (χ2v) is 4.06. The van der Waals surface area contributed by atoms with Gasteiger partial charge in [-0.15, -0.1) is 0 Å². The van der Waals surface area contributed by atoms with Gasteiger partial charge in [0.2, 0.25) is 0 Å². The van der Waals surface area contributed by atoms with Crippen LogP contribution >= 0.6 is 0 Å². The fourth-order valence-corrected chi connectivity index (χ4v) is 2.01. The van der Waals surface area contributed by atoms with Gasteiger partial charge in [-0.2, -0.15) is 0 Å². The van der Waals surface area contributed by atoms with Crippen molar-refractivity contribution >= 4 is 0 Å². The molecule has 0 amide bonds. The standard InChI is InChI=1S/C12H23NO/c1-3-14-10(2)12(13)11-8-6-4-5-7-9-11/h8,10,12H,3-7,9,13H2,1-2H3. The Labute approximate surface area is 87.5 Å².